The van der Waals surface area contributed by atoms with Gasteiger partial charge in [-0.1, -0.05) is 0 Å². The number of hydrogen-bond donors (Lipinski definition) is 0. The van der Waals surface area contributed by atoms with Crippen molar-refractivity contribution in [1.29, 1.82) is 0 Å². The van der Waals surface area contributed by atoms with Gasteiger partial charge in [-0.05, 0) is 49.9 Å². The van der Waals surface area contributed by atoms with Gasteiger partial charge in [0, 0.05) is 13.1 Å². The van der Waals surface area contributed by atoms with E-state index in [-0.39, 0.29) is 5.91 Å². The third-order valence-electron chi connectivity index (χ3n) is 4.00. The Bertz CT molecular complexity index is 624. The minimum atomic E-state index is 0.204. The summed E-state index contributed by atoms with van der Waals surface area (Å²) in [5, 5.41) is 0. The van der Waals surface area contributed by atoms with E-state index in [9.17, 15) is 4.79 Å². The maximum absolute atomic E-state index is 12.2. The van der Waals surface area contributed by atoms with E-state index in [0.717, 1.165) is 37.0 Å². The maximum Gasteiger partial charge on any atom is 0.242 e. The van der Waals surface area contributed by atoms with Crippen LogP contribution >= 0.6 is 0 Å². The highest BCUT2D eigenvalue weighted by molar-refractivity contribution is 5.81. The number of aryl methyl sites for hydroxylation is 2. The summed E-state index contributed by atoms with van der Waals surface area (Å²) in [4.78, 5) is 18.5. The third kappa shape index (κ3) is 2.23. The van der Waals surface area contributed by atoms with Crippen LogP contribution in [0.2, 0.25) is 0 Å². The van der Waals surface area contributed by atoms with Crippen LogP contribution in [0.1, 0.15) is 24.0 Å². The molecule has 1 fully saturated rings. The first-order valence-corrected chi connectivity index (χ1v) is 6.85. The number of aromatic nitrogens is 2. The van der Waals surface area contributed by atoms with E-state index in [1.54, 1.807) is 6.33 Å². The SMILES string of the molecule is Cc1cc2ncn(CC(=O)N3CCCC3)c2cc1C. The summed E-state index contributed by atoms with van der Waals surface area (Å²) in [6.45, 7) is 6.39. The number of likely N-dealkylation sites (tertiary alicyclic amines) is 1. The van der Waals surface area contributed by atoms with Crippen molar-refractivity contribution in [3.8, 4) is 0 Å². The second-order valence-corrected chi connectivity index (χ2v) is 5.39. The first-order chi connectivity index (χ1) is 9.15. The number of hydrogen-bond acceptors (Lipinski definition) is 2. The van der Waals surface area contributed by atoms with E-state index in [1.807, 2.05) is 9.47 Å². The van der Waals surface area contributed by atoms with Gasteiger partial charge in [0.25, 0.3) is 0 Å². The molecule has 0 spiro atoms. The summed E-state index contributed by atoms with van der Waals surface area (Å²) in [7, 11) is 0. The predicted octanol–water partition coefficient (Wildman–Crippen LogP) is 2.28. The number of amides is 1. The summed E-state index contributed by atoms with van der Waals surface area (Å²) in [5.41, 5.74) is 4.50. The highest BCUT2D eigenvalue weighted by Gasteiger charge is 2.18. The summed E-state index contributed by atoms with van der Waals surface area (Å²) >= 11 is 0. The quantitative estimate of drug-likeness (QED) is 0.827. The predicted molar refractivity (Wildman–Crippen MR) is 75.0 cm³/mol. The van der Waals surface area contributed by atoms with E-state index in [4.69, 9.17) is 0 Å². The molecule has 2 aromatic rings. The van der Waals surface area contributed by atoms with E-state index < -0.39 is 0 Å². The Morgan fingerprint density at radius 3 is 2.63 bits per heavy atom. The van der Waals surface area contributed by atoms with E-state index in [1.165, 1.54) is 11.1 Å². The van der Waals surface area contributed by atoms with Gasteiger partial charge in [0.05, 0.1) is 17.4 Å². The topological polar surface area (TPSA) is 38.1 Å². The van der Waals surface area contributed by atoms with Crippen LogP contribution in [0, 0.1) is 13.8 Å². The molecule has 0 unspecified atom stereocenters. The average Bonchev–Trinajstić information content (AvgIpc) is 3.01. The second kappa shape index (κ2) is 4.68. The summed E-state index contributed by atoms with van der Waals surface area (Å²) in [6, 6.07) is 4.20. The fourth-order valence-electron chi connectivity index (χ4n) is 2.65. The van der Waals surface area contributed by atoms with Crippen molar-refractivity contribution < 1.29 is 4.79 Å². The van der Waals surface area contributed by atoms with Gasteiger partial charge in [-0.3, -0.25) is 4.79 Å². The molecule has 1 aliphatic heterocycles. The van der Waals surface area contributed by atoms with Gasteiger partial charge in [-0.15, -0.1) is 0 Å². The van der Waals surface area contributed by atoms with E-state index in [2.05, 4.69) is 31.0 Å². The molecule has 1 saturated heterocycles. The Morgan fingerprint density at radius 2 is 1.89 bits per heavy atom. The molecule has 1 aromatic carbocycles. The normalized spacial score (nSPS) is 15.4. The van der Waals surface area contributed by atoms with Crippen molar-refractivity contribution in [3.63, 3.8) is 0 Å². The van der Waals surface area contributed by atoms with Crippen molar-refractivity contribution in [1.82, 2.24) is 14.5 Å². The van der Waals surface area contributed by atoms with Crippen molar-refractivity contribution in [2.24, 2.45) is 0 Å². The lowest BCUT2D eigenvalue weighted by Gasteiger charge is -2.15. The molecule has 1 aliphatic rings. The van der Waals surface area contributed by atoms with Crippen molar-refractivity contribution >= 4 is 16.9 Å². The molecule has 0 radical (unpaired) electrons. The molecular weight excluding hydrogens is 238 g/mol. The Labute approximate surface area is 113 Å². The molecule has 0 aliphatic carbocycles. The number of carbonyl (C=O) groups is 1. The van der Waals surface area contributed by atoms with Crippen molar-refractivity contribution in [3.05, 3.63) is 29.6 Å². The minimum Gasteiger partial charge on any atom is -0.341 e. The monoisotopic (exact) mass is 257 g/mol. The molecule has 0 bridgehead atoms. The Kier molecular flexibility index (Phi) is 3.01. The third-order valence-corrected chi connectivity index (χ3v) is 4.00. The number of fused-ring (bicyclic) bond motifs is 1. The van der Waals surface area contributed by atoms with Crippen LogP contribution < -0.4 is 0 Å². The summed E-state index contributed by atoms with van der Waals surface area (Å²) in [6.07, 6.45) is 4.04. The van der Waals surface area contributed by atoms with Crippen molar-refractivity contribution in [2.75, 3.05) is 13.1 Å². The molecule has 1 aromatic heterocycles. The number of benzene rings is 1. The van der Waals surface area contributed by atoms with Crippen LogP contribution in [0.4, 0.5) is 0 Å². The van der Waals surface area contributed by atoms with E-state index in [0.29, 0.717) is 6.54 Å². The molecule has 0 atom stereocenters. The van der Waals surface area contributed by atoms with Gasteiger partial charge in [-0.2, -0.15) is 0 Å². The Morgan fingerprint density at radius 1 is 1.21 bits per heavy atom. The lowest BCUT2D eigenvalue weighted by Crippen LogP contribution is -2.30. The summed E-state index contributed by atoms with van der Waals surface area (Å²) < 4.78 is 1.96. The van der Waals surface area contributed by atoms with Gasteiger partial charge in [0.1, 0.15) is 6.54 Å². The zero-order chi connectivity index (χ0) is 13.4. The summed E-state index contributed by atoms with van der Waals surface area (Å²) in [5.74, 6) is 0.204. The number of nitrogens with zero attached hydrogens (tertiary/aromatic N) is 3. The van der Waals surface area contributed by atoms with Gasteiger partial charge < -0.3 is 9.47 Å². The van der Waals surface area contributed by atoms with Crippen LogP contribution in [-0.4, -0.2) is 33.4 Å². The standard InChI is InChI=1S/C15H19N3O/c1-11-7-13-14(8-12(11)2)18(10-16-13)9-15(19)17-5-3-4-6-17/h7-8,10H,3-6,9H2,1-2H3. The van der Waals surface area contributed by atoms with Gasteiger partial charge in [0.2, 0.25) is 5.91 Å². The smallest absolute Gasteiger partial charge is 0.242 e. The molecule has 1 amide bonds. The zero-order valence-electron chi connectivity index (χ0n) is 11.5. The van der Waals surface area contributed by atoms with Crippen LogP contribution in [0.3, 0.4) is 0 Å². The minimum absolute atomic E-state index is 0.204. The molecule has 2 heterocycles. The lowest BCUT2D eigenvalue weighted by atomic mass is 10.1. The highest BCUT2D eigenvalue weighted by Crippen LogP contribution is 2.19. The Balaban J connectivity index is 1.88. The zero-order valence-corrected chi connectivity index (χ0v) is 11.5. The Hall–Kier alpha value is -1.84. The van der Waals surface area contributed by atoms with Crippen LogP contribution in [0.15, 0.2) is 18.5 Å². The molecule has 100 valence electrons. The maximum atomic E-state index is 12.2. The molecule has 19 heavy (non-hydrogen) atoms. The van der Waals surface area contributed by atoms with Crippen LogP contribution in [0.25, 0.3) is 11.0 Å². The molecular formula is C15H19N3O. The highest BCUT2D eigenvalue weighted by atomic mass is 16.2. The number of imidazole rings is 1. The lowest BCUT2D eigenvalue weighted by molar-refractivity contribution is -0.130. The molecule has 4 nitrogen and oxygen atoms in total. The molecule has 4 heteroatoms. The van der Waals surface area contributed by atoms with Gasteiger partial charge in [-0.25, -0.2) is 4.98 Å². The number of carbonyl (C=O) groups excluding carboxylic acids is 1. The van der Waals surface area contributed by atoms with Crippen LogP contribution in [0.5, 0.6) is 0 Å². The van der Waals surface area contributed by atoms with Gasteiger partial charge >= 0.3 is 0 Å². The van der Waals surface area contributed by atoms with Crippen LogP contribution in [-0.2, 0) is 11.3 Å². The van der Waals surface area contributed by atoms with E-state index >= 15 is 0 Å². The molecule has 0 N–H and O–H groups in total. The van der Waals surface area contributed by atoms with Crippen molar-refractivity contribution in [2.45, 2.75) is 33.2 Å². The first-order valence-electron chi connectivity index (χ1n) is 6.85. The van der Waals surface area contributed by atoms with Gasteiger partial charge in [0.15, 0.2) is 0 Å². The fourth-order valence-corrected chi connectivity index (χ4v) is 2.65. The average molecular weight is 257 g/mol. The molecule has 3 rings (SSSR count). The number of rotatable bonds is 2. The second-order valence-electron chi connectivity index (χ2n) is 5.39. The fraction of sp³-hybridized carbons (Fsp3) is 0.467. The largest absolute Gasteiger partial charge is 0.341 e. The first kappa shape index (κ1) is 12.2. The molecule has 0 saturated carbocycles.